The number of aromatic nitrogens is 2. The van der Waals surface area contributed by atoms with Gasteiger partial charge in [0.15, 0.2) is 5.82 Å². The van der Waals surface area contributed by atoms with Crippen LogP contribution in [0.4, 0.5) is 33.5 Å². The number of carbonyl (C=O) groups excluding carboxylic acids is 1. The van der Waals surface area contributed by atoms with Crippen molar-refractivity contribution in [3.05, 3.63) is 40.3 Å². The third kappa shape index (κ3) is 6.32. The standard InChI is InChI=1S/C20H21F4N5O3.C7H12FN/c1-31-19-27-13-8-14(16-11(20(22,23)24)2-3-12(25)17(16)21)32-9-10(13)18(28-19)29-6-4-15(30)26-5-7-29;8-6-4-7-2-1-3-9(7)5-6/h2-3,14H,4-9,25H2,1H3,(H,26,30);6-7H,1-5H2. The second-order valence-corrected chi connectivity index (χ2v) is 10.6. The number of halogens is 5. The molecule has 3 unspecified atom stereocenters. The molecule has 4 aliphatic heterocycles. The van der Waals surface area contributed by atoms with Crippen molar-refractivity contribution in [3.8, 4) is 6.01 Å². The summed E-state index contributed by atoms with van der Waals surface area (Å²) in [5, 5.41) is 2.77. The molecule has 3 N–H and O–H groups in total. The average molecular weight is 585 g/mol. The van der Waals surface area contributed by atoms with Crippen LogP contribution in [0.3, 0.4) is 0 Å². The topological polar surface area (TPSA) is 106 Å². The Morgan fingerprint density at radius 1 is 1.20 bits per heavy atom. The molecule has 0 bridgehead atoms. The normalized spacial score (nSPS) is 24.6. The zero-order valence-corrected chi connectivity index (χ0v) is 22.6. The lowest BCUT2D eigenvalue weighted by atomic mass is 9.94. The molecule has 5 heterocycles. The number of nitrogen functional groups attached to an aromatic ring is 1. The maximum Gasteiger partial charge on any atom is 0.416 e. The van der Waals surface area contributed by atoms with Crippen molar-refractivity contribution in [2.75, 3.05) is 50.5 Å². The zero-order valence-electron chi connectivity index (χ0n) is 22.6. The molecular weight excluding hydrogens is 551 g/mol. The molecule has 2 aromatic rings. The lowest BCUT2D eigenvalue weighted by Crippen LogP contribution is -2.32. The number of hydrogen-bond donors (Lipinski definition) is 2. The lowest BCUT2D eigenvalue weighted by molar-refractivity contribution is -0.140. The van der Waals surface area contributed by atoms with Gasteiger partial charge in [0.1, 0.15) is 12.0 Å². The largest absolute Gasteiger partial charge is 0.467 e. The summed E-state index contributed by atoms with van der Waals surface area (Å²) in [7, 11) is 1.37. The average Bonchev–Trinajstić information content (AvgIpc) is 3.44. The maximum absolute atomic E-state index is 14.7. The van der Waals surface area contributed by atoms with E-state index in [2.05, 4.69) is 20.2 Å². The second-order valence-electron chi connectivity index (χ2n) is 10.6. The number of alkyl halides is 4. The number of benzene rings is 1. The van der Waals surface area contributed by atoms with Gasteiger partial charge in [0.2, 0.25) is 5.91 Å². The number of nitrogens with two attached hydrogens (primary N) is 1. The number of nitrogens with one attached hydrogen (secondary N) is 1. The first-order valence-electron chi connectivity index (χ1n) is 13.6. The summed E-state index contributed by atoms with van der Waals surface area (Å²) in [6, 6.07) is 2.27. The number of nitrogens with zero attached hydrogens (tertiary/aromatic N) is 4. The van der Waals surface area contributed by atoms with E-state index in [1.165, 1.54) is 20.0 Å². The van der Waals surface area contributed by atoms with Crippen LogP contribution in [0.5, 0.6) is 6.01 Å². The number of ether oxygens (including phenoxy) is 2. The van der Waals surface area contributed by atoms with Gasteiger partial charge in [0.05, 0.1) is 36.8 Å². The van der Waals surface area contributed by atoms with Gasteiger partial charge in [-0.15, -0.1) is 0 Å². The molecule has 3 fully saturated rings. The quantitative estimate of drug-likeness (QED) is 0.417. The molecule has 0 radical (unpaired) electrons. The molecular formula is C27H33F5N6O3. The summed E-state index contributed by atoms with van der Waals surface area (Å²) < 4.78 is 78.9. The van der Waals surface area contributed by atoms with Crippen molar-refractivity contribution in [1.82, 2.24) is 20.2 Å². The van der Waals surface area contributed by atoms with Crippen molar-refractivity contribution in [1.29, 1.82) is 0 Å². The van der Waals surface area contributed by atoms with E-state index in [9.17, 15) is 26.7 Å². The van der Waals surface area contributed by atoms with Crippen LogP contribution in [0.25, 0.3) is 0 Å². The van der Waals surface area contributed by atoms with Gasteiger partial charge in [0.25, 0.3) is 0 Å². The van der Waals surface area contributed by atoms with Crippen LogP contribution in [0.2, 0.25) is 0 Å². The third-order valence-electron chi connectivity index (χ3n) is 7.95. The summed E-state index contributed by atoms with van der Waals surface area (Å²) in [5.41, 5.74) is 4.31. The molecule has 3 atom stereocenters. The molecule has 14 heteroatoms. The van der Waals surface area contributed by atoms with Crippen molar-refractivity contribution >= 4 is 17.4 Å². The number of anilines is 2. The minimum Gasteiger partial charge on any atom is -0.467 e. The van der Waals surface area contributed by atoms with E-state index in [1.807, 2.05) is 4.90 Å². The summed E-state index contributed by atoms with van der Waals surface area (Å²) in [6.45, 7) is 3.00. The molecule has 0 saturated carbocycles. The van der Waals surface area contributed by atoms with Crippen molar-refractivity contribution in [3.63, 3.8) is 0 Å². The molecule has 41 heavy (non-hydrogen) atoms. The van der Waals surface area contributed by atoms with Gasteiger partial charge in [-0.05, 0) is 37.9 Å². The highest BCUT2D eigenvalue weighted by atomic mass is 19.4. The van der Waals surface area contributed by atoms with E-state index in [1.54, 1.807) is 0 Å². The van der Waals surface area contributed by atoms with Gasteiger partial charge in [-0.2, -0.15) is 23.1 Å². The molecule has 0 aliphatic carbocycles. The molecule has 4 aliphatic rings. The molecule has 9 nitrogen and oxygen atoms in total. The van der Waals surface area contributed by atoms with Crippen LogP contribution in [0, 0.1) is 5.82 Å². The Kier molecular flexibility index (Phi) is 8.50. The molecule has 1 aromatic carbocycles. The highest BCUT2D eigenvalue weighted by Gasteiger charge is 2.40. The minimum absolute atomic E-state index is 0.0204. The van der Waals surface area contributed by atoms with Crippen LogP contribution >= 0.6 is 0 Å². The Morgan fingerprint density at radius 3 is 2.73 bits per heavy atom. The van der Waals surface area contributed by atoms with E-state index in [-0.39, 0.29) is 31.4 Å². The maximum atomic E-state index is 14.7. The van der Waals surface area contributed by atoms with E-state index in [0.29, 0.717) is 49.3 Å². The minimum atomic E-state index is -4.78. The Hall–Kier alpha value is -3.26. The molecule has 1 amide bonds. The van der Waals surface area contributed by atoms with E-state index < -0.39 is 41.1 Å². The molecule has 3 saturated heterocycles. The number of methoxy groups -OCH3 is 1. The summed E-state index contributed by atoms with van der Waals surface area (Å²) in [6.07, 6.45) is -3.09. The SMILES string of the molecule is COc1nc2c(c(N3CCNC(=O)CC3)n1)COC(c1c(C(F)(F)F)ccc(N)c1F)C2.FC1CC2CCCN2C1. The number of fused-ring (bicyclic) bond motifs is 2. The van der Waals surface area contributed by atoms with Crippen LogP contribution in [-0.2, 0) is 28.7 Å². The monoisotopic (exact) mass is 584 g/mol. The van der Waals surface area contributed by atoms with Crippen molar-refractivity contribution in [2.45, 2.75) is 63.2 Å². The number of hydrogen-bond acceptors (Lipinski definition) is 8. The zero-order chi connectivity index (χ0) is 29.3. The molecule has 0 spiro atoms. The van der Waals surface area contributed by atoms with E-state index in [0.717, 1.165) is 25.1 Å². The van der Waals surface area contributed by atoms with Crippen molar-refractivity contribution in [2.24, 2.45) is 0 Å². The Balaban J connectivity index is 0.000000315. The lowest BCUT2D eigenvalue weighted by Gasteiger charge is -2.31. The third-order valence-corrected chi connectivity index (χ3v) is 7.95. The fourth-order valence-electron chi connectivity index (χ4n) is 5.95. The van der Waals surface area contributed by atoms with Crippen LogP contribution < -0.4 is 20.7 Å². The smallest absolute Gasteiger partial charge is 0.416 e. The van der Waals surface area contributed by atoms with E-state index >= 15 is 0 Å². The fourth-order valence-corrected chi connectivity index (χ4v) is 5.95. The second kappa shape index (κ2) is 11.9. The fraction of sp³-hybridized carbons (Fsp3) is 0.593. The molecule has 6 rings (SSSR count). The van der Waals surface area contributed by atoms with Crippen LogP contribution in [-0.4, -0.2) is 72.8 Å². The van der Waals surface area contributed by atoms with Crippen LogP contribution in [0.1, 0.15) is 54.2 Å². The van der Waals surface area contributed by atoms with Gasteiger partial charge in [-0.1, -0.05) is 0 Å². The van der Waals surface area contributed by atoms with Crippen LogP contribution in [0.15, 0.2) is 12.1 Å². The molecule has 1 aromatic heterocycles. The number of carbonyl (C=O) groups is 1. The Labute approximate surface area is 234 Å². The number of rotatable bonds is 3. The first kappa shape index (κ1) is 29.2. The molecule has 224 valence electrons. The summed E-state index contributed by atoms with van der Waals surface area (Å²) in [4.78, 5) is 24.5. The summed E-state index contributed by atoms with van der Waals surface area (Å²) >= 11 is 0. The first-order valence-corrected chi connectivity index (χ1v) is 13.6. The van der Waals surface area contributed by atoms with Gasteiger partial charge >= 0.3 is 12.2 Å². The van der Waals surface area contributed by atoms with E-state index in [4.69, 9.17) is 15.2 Å². The first-order chi connectivity index (χ1) is 19.5. The number of amides is 1. The predicted octanol–water partition coefficient (Wildman–Crippen LogP) is 3.56. The highest BCUT2D eigenvalue weighted by Crippen LogP contribution is 2.42. The summed E-state index contributed by atoms with van der Waals surface area (Å²) in [5.74, 6) is -0.770. The highest BCUT2D eigenvalue weighted by molar-refractivity contribution is 5.77. The van der Waals surface area contributed by atoms with Gasteiger partial charge < -0.3 is 25.4 Å². The van der Waals surface area contributed by atoms with Crippen molar-refractivity contribution < 1.29 is 36.2 Å². The predicted molar refractivity (Wildman–Crippen MR) is 140 cm³/mol. The Bertz CT molecular complexity index is 1270. The van der Waals surface area contributed by atoms with Gasteiger partial charge in [0, 0.05) is 56.2 Å². The Morgan fingerprint density at radius 2 is 2.00 bits per heavy atom. The van der Waals surface area contributed by atoms with Gasteiger partial charge in [-0.3, -0.25) is 9.69 Å². The van der Waals surface area contributed by atoms with Gasteiger partial charge in [-0.25, -0.2) is 8.78 Å².